The summed E-state index contributed by atoms with van der Waals surface area (Å²) in [6.07, 6.45) is 4.84. The molecule has 102 valence electrons. The van der Waals surface area contributed by atoms with Crippen molar-refractivity contribution < 1.29 is 0 Å². The van der Waals surface area contributed by atoms with E-state index in [4.69, 9.17) is 5.84 Å². The Hall–Kier alpha value is -1.65. The number of rotatable bonds is 5. The maximum Gasteiger partial charge on any atom is 0.0522 e. The molecule has 0 aliphatic rings. The number of hydrazine groups is 1. The van der Waals surface area contributed by atoms with E-state index >= 15 is 0 Å². The molecule has 0 amide bonds. The summed E-state index contributed by atoms with van der Waals surface area (Å²) in [5.74, 6) is 5.73. The van der Waals surface area contributed by atoms with Crippen LogP contribution in [0.4, 0.5) is 0 Å². The molecule has 1 atom stereocenters. The highest BCUT2D eigenvalue weighted by molar-refractivity contribution is 5.36. The second-order valence-corrected chi connectivity index (χ2v) is 4.92. The zero-order chi connectivity index (χ0) is 13.8. The van der Waals surface area contributed by atoms with Gasteiger partial charge in [0.05, 0.1) is 12.2 Å². The van der Waals surface area contributed by atoms with E-state index in [-0.39, 0.29) is 6.04 Å². The number of hydrogen-bond acceptors (Lipinski definition) is 3. The first-order valence-electron chi connectivity index (χ1n) is 6.69. The van der Waals surface area contributed by atoms with E-state index in [1.165, 1.54) is 22.3 Å². The maximum atomic E-state index is 5.73. The quantitative estimate of drug-likeness (QED) is 0.639. The molecule has 0 radical (unpaired) electrons. The van der Waals surface area contributed by atoms with Crippen LogP contribution in [0.5, 0.6) is 0 Å². The van der Waals surface area contributed by atoms with Gasteiger partial charge in [0.1, 0.15) is 0 Å². The minimum absolute atomic E-state index is 0.120. The van der Waals surface area contributed by atoms with Gasteiger partial charge in [-0.25, -0.2) is 0 Å². The van der Waals surface area contributed by atoms with Crippen molar-refractivity contribution in [3.63, 3.8) is 0 Å². The lowest BCUT2D eigenvalue weighted by molar-refractivity contribution is 0.548. The van der Waals surface area contributed by atoms with Crippen LogP contribution in [0.2, 0.25) is 0 Å². The highest BCUT2D eigenvalue weighted by Crippen LogP contribution is 2.23. The number of aromatic nitrogens is 2. The van der Waals surface area contributed by atoms with Crippen LogP contribution in [0.1, 0.15) is 35.2 Å². The van der Waals surface area contributed by atoms with Crippen LogP contribution in [-0.4, -0.2) is 9.78 Å². The Morgan fingerprint density at radius 3 is 2.79 bits per heavy atom. The van der Waals surface area contributed by atoms with E-state index in [1.807, 2.05) is 10.9 Å². The predicted molar refractivity (Wildman–Crippen MR) is 77.6 cm³/mol. The molecule has 1 aromatic heterocycles. The van der Waals surface area contributed by atoms with Gasteiger partial charge in [-0.05, 0) is 49.4 Å². The molecular weight excluding hydrogens is 236 g/mol. The Morgan fingerprint density at radius 2 is 2.16 bits per heavy atom. The Labute approximate surface area is 114 Å². The highest BCUT2D eigenvalue weighted by atomic mass is 15.3. The summed E-state index contributed by atoms with van der Waals surface area (Å²) >= 11 is 0. The van der Waals surface area contributed by atoms with E-state index in [0.717, 1.165) is 13.0 Å². The van der Waals surface area contributed by atoms with Gasteiger partial charge in [-0.1, -0.05) is 18.2 Å². The summed E-state index contributed by atoms with van der Waals surface area (Å²) in [6, 6.07) is 6.46. The lowest BCUT2D eigenvalue weighted by Gasteiger charge is -2.19. The molecule has 3 N–H and O–H groups in total. The molecule has 1 aromatic carbocycles. The van der Waals surface area contributed by atoms with Crippen molar-refractivity contribution in [2.24, 2.45) is 5.84 Å². The average Bonchev–Trinajstić information content (AvgIpc) is 2.87. The number of nitrogens with zero attached hydrogens (tertiary/aromatic N) is 2. The first-order chi connectivity index (χ1) is 9.15. The van der Waals surface area contributed by atoms with Crippen LogP contribution >= 0.6 is 0 Å². The Kier molecular flexibility index (Phi) is 4.35. The van der Waals surface area contributed by atoms with E-state index in [0.29, 0.717) is 0 Å². The summed E-state index contributed by atoms with van der Waals surface area (Å²) in [7, 11) is 0. The molecule has 4 nitrogen and oxygen atoms in total. The van der Waals surface area contributed by atoms with Crippen LogP contribution in [0, 0.1) is 13.8 Å². The van der Waals surface area contributed by atoms with Crippen LogP contribution in [0.3, 0.4) is 0 Å². The first-order valence-corrected chi connectivity index (χ1v) is 6.69. The zero-order valence-corrected chi connectivity index (χ0v) is 11.9. The molecule has 1 heterocycles. The Morgan fingerprint density at radius 1 is 1.37 bits per heavy atom. The third kappa shape index (κ3) is 3.03. The van der Waals surface area contributed by atoms with Crippen molar-refractivity contribution >= 4 is 0 Å². The molecule has 0 saturated heterocycles. The second kappa shape index (κ2) is 5.99. The first kappa shape index (κ1) is 13.8. The minimum atomic E-state index is 0.120. The molecule has 19 heavy (non-hydrogen) atoms. The summed E-state index contributed by atoms with van der Waals surface area (Å²) in [4.78, 5) is 0. The number of hydrogen-bond donors (Lipinski definition) is 2. The van der Waals surface area contributed by atoms with E-state index in [9.17, 15) is 0 Å². The van der Waals surface area contributed by atoms with Gasteiger partial charge in [-0.15, -0.1) is 0 Å². The molecule has 0 spiro atoms. The van der Waals surface area contributed by atoms with Crippen LogP contribution in [0.25, 0.3) is 0 Å². The SMILES string of the molecule is CCn1cc(CC(NN)c2cccc(C)c2C)cn1. The smallest absolute Gasteiger partial charge is 0.0522 e. The van der Waals surface area contributed by atoms with Gasteiger partial charge in [0.15, 0.2) is 0 Å². The zero-order valence-electron chi connectivity index (χ0n) is 11.9. The number of aryl methyl sites for hydroxylation is 2. The van der Waals surface area contributed by atoms with Gasteiger partial charge >= 0.3 is 0 Å². The summed E-state index contributed by atoms with van der Waals surface area (Å²) in [6.45, 7) is 7.25. The molecule has 0 aliphatic carbocycles. The van der Waals surface area contributed by atoms with Gasteiger partial charge < -0.3 is 0 Å². The normalized spacial score (nSPS) is 12.6. The molecule has 2 aromatic rings. The molecule has 1 unspecified atom stereocenters. The number of nitrogens with two attached hydrogens (primary N) is 1. The van der Waals surface area contributed by atoms with Crippen molar-refractivity contribution in [1.29, 1.82) is 0 Å². The van der Waals surface area contributed by atoms with Gasteiger partial charge in [0, 0.05) is 12.7 Å². The number of nitrogens with one attached hydrogen (secondary N) is 1. The molecule has 2 rings (SSSR count). The van der Waals surface area contributed by atoms with Crippen LogP contribution in [-0.2, 0) is 13.0 Å². The Balaban J connectivity index is 2.22. The van der Waals surface area contributed by atoms with Gasteiger partial charge in [-0.3, -0.25) is 16.0 Å². The van der Waals surface area contributed by atoms with Crippen molar-refractivity contribution in [3.8, 4) is 0 Å². The predicted octanol–water partition coefficient (Wildman–Crippen LogP) is 2.27. The van der Waals surface area contributed by atoms with E-state index in [2.05, 4.69) is 55.7 Å². The fourth-order valence-electron chi connectivity index (χ4n) is 2.33. The van der Waals surface area contributed by atoms with Crippen molar-refractivity contribution in [2.45, 2.75) is 39.8 Å². The third-order valence-corrected chi connectivity index (χ3v) is 3.67. The van der Waals surface area contributed by atoms with Crippen molar-refractivity contribution in [3.05, 3.63) is 52.8 Å². The molecule has 4 heteroatoms. The molecular formula is C15H22N4. The minimum Gasteiger partial charge on any atom is -0.273 e. The van der Waals surface area contributed by atoms with Crippen molar-refractivity contribution in [1.82, 2.24) is 15.2 Å². The fraction of sp³-hybridized carbons (Fsp3) is 0.400. The molecule has 0 saturated carbocycles. The molecule has 0 aliphatic heterocycles. The van der Waals surface area contributed by atoms with Gasteiger partial charge in [-0.2, -0.15) is 5.10 Å². The number of benzene rings is 1. The van der Waals surface area contributed by atoms with Crippen molar-refractivity contribution in [2.75, 3.05) is 0 Å². The maximum absolute atomic E-state index is 5.73. The van der Waals surface area contributed by atoms with Crippen LogP contribution in [0.15, 0.2) is 30.6 Å². The summed E-state index contributed by atoms with van der Waals surface area (Å²) in [5, 5.41) is 4.30. The largest absolute Gasteiger partial charge is 0.273 e. The molecule has 0 bridgehead atoms. The topological polar surface area (TPSA) is 55.9 Å². The highest BCUT2D eigenvalue weighted by Gasteiger charge is 2.14. The van der Waals surface area contributed by atoms with Crippen LogP contribution < -0.4 is 11.3 Å². The second-order valence-electron chi connectivity index (χ2n) is 4.92. The monoisotopic (exact) mass is 258 g/mol. The van der Waals surface area contributed by atoms with E-state index in [1.54, 1.807) is 0 Å². The van der Waals surface area contributed by atoms with Gasteiger partial charge in [0.25, 0.3) is 0 Å². The lowest BCUT2D eigenvalue weighted by Crippen LogP contribution is -2.30. The van der Waals surface area contributed by atoms with E-state index < -0.39 is 0 Å². The summed E-state index contributed by atoms with van der Waals surface area (Å²) in [5.41, 5.74) is 7.97. The molecule has 0 fully saturated rings. The fourth-order valence-corrected chi connectivity index (χ4v) is 2.33. The summed E-state index contributed by atoms with van der Waals surface area (Å²) < 4.78 is 1.94. The third-order valence-electron chi connectivity index (χ3n) is 3.67. The Bertz CT molecular complexity index is 545. The van der Waals surface area contributed by atoms with Gasteiger partial charge in [0.2, 0.25) is 0 Å². The standard InChI is InChI=1S/C15H22N4/c1-4-19-10-13(9-17-19)8-15(18-16)14-7-5-6-11(2)12(14)3/h5-7,9-10,15,18H,4,8,16H2,1-3H3. The average molecular weight is 258 g/mol. The lowest BCUT2D eigenvalue weighted by atomic mass is 9.94.